The Kier molecular flexibility index (Phi) is 5.27. The molecule has 0 aliphatic carbocycles. The molecule has 1 unspecified atom stereocenters. The Hall–Kier alpha value is -3.61. The summed E-state index contributed by atoms with van der Waals surface area (Å²) in [6.45, 7) is 2.95. The number of ether oxygens (including phenoxy) is 1. The predicted octanol–water partition coefficient (Wildman–Crippen LogP) is 2.73. The average Bonchev–Trinajstić information content (AvgIpc) is 3.21. The second-order valence-electron chi connectivity index (χ2n) is 7.43. The number of carbonyl (C=O) groups excluding carboxylic acids is 3. The van der Waals surface area contributed by atoms with E-state index in [-0.39, 0.29) is 17.6 Å². The van der Waals surface area contributed by atoms with E-state index < -0.39 is 11.7 Å². The topological polar surface area (TPSA) is 82.7 Å². The first-order valence-electron chi connectivity index (χ1n) is 9.84. The van der Waals surface area contributed by atoms with E-state index in [1.54, 1.807) is 47.2 Å². The molecular formula is C23H23N3O4. The first kappa shape index (κ1) is 19.7. The van der Waals surface area contributed by atoms with Crippen molar-refractivity contribution in [2.24, 2.45) is 0 Å². The van der Waals surface area contributed by atoms with Gasteiger partial charge in [-0.3, -0.25) is 14.4 Å². The molecule has 1 atom stereocenters. The lowest BCUT2D eigenvalue weighted by atomic mass is 10.1. The van der Waals surface area contributed by atoms with Crippen molar-refractivity contribution in [1.29, 1.82) is 0 Å². The number of rotatable bonds is 4. The number of benzene rings is 2. The van der Waals surface area contributed by atoms with Crippen molar-refractivity contribution in [3.05, 3.63) is 65.9 Å². The van der Waals surface area contributed by atoms with Gasteiger partial charge < -0.3 is 19.5 Å². The highest BCUT2D eigenvalue weighted by Crippen LogP contribution is 2.22. The van der Waals surface area contributed by atoms with Crippen LogP contribution in [-0.4, -0.2) is 65.2 Å². The van der Waals surface area contributed by atoms with Crippen LogP contribution in [0.4, 0.5) is 0 Å². The predicted molar refractivity (Wildman–Crippen MR) is 113 cm³/mol. The van der Waals surface area contributed by atoms with Crippen molar-refractivity contribution in [3.8, 4) is 5.75 Å². The smallest absolute Gasteiger partial charge is 0.296 e. The van der Waals surface area contributed by atoms with E-state index in [1.807, 2.05) is 31.2 Å². The van der Waals surface area contributed by atoms with Crippen LogP contribution in [0.1, 0.15) is 27.8 Å². The Morgan fingerprint density at radius 3 is 2.50 bits per heavy atom. The molecule has 2 amide bonds. The van der Waals surface area contributed by atoms with E-state index in [9.17, 15) is 14.4 Å². The molecule has 0 bridgehead atoms. The van der Waals surface area contributed by atoms with Gasteiger partial charge in [0.2, 0.25) is 0 Å². The summed E-state index contributed by atoms with van der Waals surface area (Å²) in [5.74, 6) is -0.541. The number of hydrogen-bond donors (Lipinski definition) is 1. The summed E-state index contributed by atoms with van der Waals surface area (Å²) in [5.41, 5.74) is 1.60. The summed E-state index contributed by atoms with van der Waals surface area (Å²) in [4.78, 5) is 44.7. The van der Waals surface area contributed by atoms with Gasteiger partial charge in [0.05, 0.1) is 12.8 Å². The van der Waals surface area contributed by atoms with Gasteiger partial charge in [-0.15, -0.1) is 0 Å². The number of nitrogens with one attached hydrogen (secondary N) is 1. The van der Waals surface area contributed by atoms with Gasteiger partial charge in [-0.1, -0.05) is 18.2 Å². The fourth-order valence-corrected chi connectivity index (χ4v) is 3.81. The molecule has 1 aromatic heterocycles. The van der Waals surface area contributed by atoms with Crippen molar-refractivity contribution in [2.45, 2.75) is 13.0 Å². The normalized spacial score (nSPS) is 16.5. The van der Waals surface area contributed by atoms with Gasteiger partial charge in [0, 0.05) is 48.2 Å². The van der Waals surface area contributed by atoms with E-state index in [2.05, 4.69) is 4.98 Å². The van der Waals surface area contributed by atoms with Gasteiger partial charge in [-0.05, 0) is 37.3 Å². The number of ketones is 1. The molecule has 3 aromatic rings. The lowest BCUT2D eigenvalue weighted by Crippen LogP contribution is -2.56. The van der Waals surface area contributed by atoms with E-state index in [4.69, 9.17) is 4.74 Å². The molecule has 4 rings (SSSR count). The number of amides is 2. The Morgan fingerprint density at radius 2 is 1.80 bits per heavy atom. The van der Waals surface area contributed by atoms with Crippen LogP contribution in [0, 0.1) is 0 Å². The van der Waals surface area contributed by atoms with Crippen molar-refractivity contribution in [1.82, 2.24) is 14.8 Å². The molecule has 0 radical (unpaired) electrons. The van der Waals surface area contributed by atoms with Gasteiger partial charge in [-0.25, -0.2) is 0 Å². The number of aromatic nitrogens is 1. The third-order valence-electron chi connectivity index (χ3n) is 5.46. The minimum atomic E-state index is -0.583. The maximum atomic E-state index is 12.9. The summed E-state index contributed by atoms with van der Waals surface area (Å²) < 4.78 is 5.20. The van der Waals surface area contributed by atoms with Gasteiger partial charge in [0.25, 0.3) is 17.6 Å². The lowest BCUT2D eigenvalue weighted by molar-refractivity contribution is -0.130. The molecule has 1 N–H and O–H groups in total. The number of Topliss-reactive ketones (excluding diaryl/α,β-unsaturated/α-hetero) is 1. The van der Waals surface area contributed by atoms with Crippen LogP contribution in [0.15, 0.2) is 54.6 Å². The fourth-order valence-electron chi connectivity index (χ4n) is 3.81. The molecule has 7 nitrogen and oxygen atoms in total. The van der Waals surface area contributed by atoms with Crippen molar-refractivity contribution in [3.63, 3.8) is 0 Å². The summed E-state index contributed by atoms with van der Waals surface area (Å²) in [6, 6.07) is 15.9. The molecule has 1 aliphatic rings. The molecule has 2 aromatic carbocycles. The Balaban J connectivity index is 1.46. The minimum absolute atomic E-state index is 0.0644. The molecule has 2 heterocycles. The van der Waals surface area contributed by atoms with E-state index >= 15 is 0 Å². The maximum absolute atomic E-state index is 12.9. The molecule has 30 heavy (non-hydrogen) atoms. The third-order valence-corrected chi connectivity index (χ3v) is 5.46. The molecule has 7 heteroatoms. The molecule has 1 fully saturated rings. The molecule has 0 saturated carbocycles. The minimum Gasteiger partial charge on any atom is -0.497 e. The Bertz CT molecular complexity index is 1110. The molecule has 1 aliphatic heterocycles. The van der Waals surface area contributed by atoms with Crippen molar-refractivity contribution in [2.75, 3.05) is 26.7 Å². The highest BCUT2D eigenvalue weighted by Gasteiger charge is 2.33. The zero-order valence-corrected chi connectivity index (χ0v) is 16.9. The quantitative estimate of drug-likeness (QED) is 0.534. The number of hydrogen-bond acceptors (Lipinski definition) is 4. The van der Waals surface area contributed by atoms with Crippen molar-refractivity contribution < 1.29 is 19.1 Å². The van der Waals surface area contributed by atoms with Crippen LogP contribution in [0.5, 0.6) is 5.75 Å². The van der Waals surface area contributed by atoms with Gasteiger partial charge >= 0.3 is 0 Å². The number of H-pyrrole nitrogens is 1. The number of methoxy groups -OCH3 is 1. The fraction of sp³-hybridized carbons (Fsp3) is 0.261. The zero-order chi connectivity index (χ0) is 21.3. The first-order chi connectivity index (χ1) is 14.5. The average molecular weight is 405 g/mol. The number of piperazine rings is 1. The standard InChI is InChI=1S/C23H23N3O4/c1-15-14-25(22(28)16-6-4-3-5-7-16)10-11-26(15)23(29)21(27)20-12-17-8-9-18(30-2)13-19(17)24-20/h3-9,12-13,15,24H,10-11,14H2,1-2H3. The van der Waals surface area contributed by atoms with E-state index in [1.165, 1.54) is 0 Å². The summed E-state index contributed by atoms with van der Waals surface area (Å²) in [6.07, 6.45) is 0. The largest absolute Gasteiger partial charge is 0.497 e. The zero-order valence-electron chi connectivity index (χ0n) is 16.9. The Labute approximate surface area is 174 Å². The summed E-state index contributed by atoms with van der Waals surface area (Å²) >= 11 is 0. The highest BCUT2D eigenvalue weighted by atomic mass is 16.5. The van der Waals surface area contributed by atoms with Crippen LogP contribution in [0.25, 0.3) is 10.9 Å². The molecule has 154 valence electrons. The second-order valence-corrected chi connectivity index (χ2v) is 7.43. The second kappa shape index (κ2) is 8.02. The number of nitrogens with zero attached hydrogens (tertiary/aromatic N) is 2. The first-order valence-corrected chi connectivity index (χ1v) is 9.84. The lowest BCUT2D eigenvalue weighted by Gasteiger charge is -2.39. The molecular weight excluding hydrogens is 382 g/mol. The van der Waals surface area contributed by atoms with Crippen molar-refractivity contribution >= 4 is 28.5 Å². The SMILES string of the molecule is COc1ccc2cc(C(=O)C(=O)N3CCN(C(=O)c4ccccc4)CC3C)[nH]c2c1. The monoisotopic (exact) mass is 405 g/mol. The van der Waals surface area contributed by atoms with Crippen LogP contribution >= 0.6 is 0 Å². The molecule has 1 saturated heterocycles. The number of aromatic amines is 1. The molecule has 0 spiro atoms. The number of carbonyl (C=O) groups is 3. The third kappa shape index (κ3) is 3.66. The van der Waals surface area contributed by atoms with Crippen LogP contribution < -0.4 is 4.74 Å². The van der Waals surface area contributed by atoms with Crippen LogP contribution in [-0.2, 0) is 4.79 Å². The van der Waals surface area contributed by atoms with E-state index in [0.717, 1.165) is 10.9 Å². The van der Waals surface area contributed by atoms with E-state index in [0.29, 0.717) is 30.9 Å². The van der Waals surface area contributed by atoms with Gasteiger partial charge in [-0.2, -0.15) is 0 Å². The van der Waals surface area contributed by atoms with Gasteiger partial charge in [0.15, 0.2) is 0 Å². The summed E-state index contributed by atoms with van der Waals surface area (Å²) in [7, 11) is 1.57. The maximum Gasteiger partial charge on any atom is 0.296 e. The van der Waals surface area contributed by atoms with Crippen LogP contribution in [0.2, 0.25) is 0 Å². The van der Waals surface area contributed by atoms with Crippen LogP contribution in [0.3, 0.4) is 0 Å². The van der Waals surface area contributed by atoms with Gasteiger partial charge in [0.1, 0.15) is 5.75 Å². The highest BCUT2D eigenvalue weighted by molar-refractivity contribution is 6.42. The summed E-state index contributed by atoms with van der Waals surface area (Å²) in [5, 5.41) is 0.832. The number of fused-ring (bicyclic) bond motifs is 1. The Morgan fingerprint density at radius 1 is 1.03 bits per heavy atom.